The second-order valence-electron chi connectivity index (χ2n) is 11.0. The molecule has 2 aromatic carbocycles. The smallest absolute Gasteiger partial charge is 0.337 e. The fraction of sp³-hybridized carbons (Fsp3) is 0.108. The molecule has 0 spiro atoms. The van der Waals surface area contributed by atoms with E-state index in [9.17, 15) is 4.79 Å². The minimum atomic E-state index is -0.366. The number of benzene rings is 2. The Morgan fingerprint density at radius 3 is 1.72 bits per heavy atom. The van der Waals surface area contributed by atoms with Crippen molar-refractivity contribution in [3.63, 3.8) is 0 Å². The second-order valence-corrected chi connectivity index (χ2v) is 11.0. The lowest BCUT2D eigenvalue weighted by Gasteiger charge is -2.13. The molecule has 2 aliphatic heterocycles. The van der Waals surface area contributed by atoms with Gasteiger partial charge in [0.25, 0.3) is 0 Å². The summed E-state index contributed by atoms with van der Waals surface area (Å²) < 4.78 is 4.89. The SMILES string of the molecule is COC(=O)c1ccc(-c2c3nc(cc4ccc([nH]4)c(-c4c(C)cc(C)cc4C)c4nc(cc5ccc2[nH]5)C=C4)C=C3)cc1. The maximum absolute atomic E-state index is 12.1. The number of hydrogen-bond donors (Lipinski definition) is 2. The van der Waals surface area contributed by atoms with E-state index in [4.69, 9.17) is 14.7 Å². The monoisotopic (exact) mass is 562 g/mol. The normalized spacial score (nSPS) is 12.1. The highest BCUT2D eigenvalue weighted by atomic mass is 16.5. The number of nitrogens with one attached hydrogen (secondary N) is 2. The van der Waals surface area contributed by atoms with Crippen molar-refractivity contribution in [3.05, 3.63) is 118 Å². The standard InChI is InChI=1S/C37H30N4O2/c1-21-17-22(2)34(23(3)18-21)36-32-15-11-28(40-32)19-26-9-13-30(38-26)35(24-5-7-25(8-6-24)37(42)43-4)31-14-10-27(39-31)20-29-12-16-33(36)41-29/h5-20,38,41H,1-4H3. The number of rotatable bonds is 3. The fourth-order valence-electron chi connectivity index (χ4n) is 6.10. The van der Waals surface area contributed by atoms with Gasteiger partial charge < -0.3 is 14.7 Å². The van der Waals surface area contributed by atoms with Gasteiger partial charge >= 0.3 is 5.97 Å². The van der Waals surface area contributed by atoms with Crippen LogP contribution >= 0.6 is 0 Å². The number of methoxy groups -OCH3 is 1. The first-order valence-electron chi connectivity index (χ1n) is 14.2. The number of H-pyrrole nitrogens is 2. The van der Waals surface area contributed by atoms with Crippen LogP contribution in [0.2, 0.25) is 0 Å². The van der Waals surface area contributed by atoms with Crippen LogP contribution in [0.4, 0.5) is 0 Å². The highest BCUT2D eigenvalue weighted by Crippen LogP contribution is 2.36. The largest absolute Gasteiger partial charge is 0.465 e. The van der Waals surface area contributed by atoms with Gasteiger partial charge in [-0.1, -0.05) is 29.8 Å². The molecule has 8 bridgehead atoms. The van der Waals surface area contributed by atoms with Gasteiger partial charge in [0, 0.05) is 33.2 Å². The van der Waals surface area contributed by atoms with Gasteiger partial charge in [-0.05, 0) is 116 Å². The third-order valence-electron chi connectivity index (χ3n) is 7.92. The molecule has 5 heterocycles. The molecular formula is C37H30N4O2. The summed E-state index contributed by atoms with van der Waals surface area (Å²) in [6, 6.07) is 24.3. The third-order valence-corrected chi connectivity index (χ3v) is 7.92. The van der Waals surface area contributed by atoms with E-state index in [0.717, 1.165) is 61.5 Å². The Labute approximate surface area is 249 Å². The molecule has 2 N–H and O–H groups in total. The van der Waals surface area contributed by atoms with Gasteiger partial charge in [0.1, 0.15) is 0 Å². The molecule has 0 atom stereocenters. The summed E-state index contributed by atoms with van der Waals surface area (Å²) in [6.07, 6.45) is 8.21. The number of carbonyl (C=O) groups is 1. The van der Waals surface area contributed by atoms with Crippen molar-refractivity contribution in [1.29, 1.82) is 0 Å². The van der Waals surface area contributed by atoms with E-state index in [1.165, 1.54) is 29.4 Å². The average molecular weight is 563 g/mol. The van der Waals surface area contributed by atoms with Gasteiger partial charge in [0.2, 0.25) is 0 Å². The first-order chi connectivity index (χ1) is 20.9. The molecule has 3 aromatic heterocycles. The maximum Gasteiger partial charge on any atom is 0.337 e. The van der Waals surface area contributed by atoms with E-state index < -0.39 is 0 Å². The highest BCUT2D eigenvalue weighted by molar-refractivity contribution is 5.95. The van der Waals surface area contributed by atoms with Crippen LogP contribution in [0.5, 0.6) is 0 Å². The molecule has 6 heteroatoms. The van der Waals surface area contributed by atoms with Crippen LogP contribution in [-0.2, 0) is 4.74 Å². The number of fused-ring (bicyclic) bond motifs is 8. The zero-order valence-electron chi connectivity index (χ0n) is 24.4. The Bertz CT molecular complexity index is 2140. The lowest BCUT2D eigenvalue weighted by atomic mass is 9.92. The molecule has 5 aromatic rings. The van der Waals surface area contributed by atoms with Crippen LogP contribution in [-0.4, -0.2) is 33.0 Å². The molecule has 0 saturated carbocycles. The van der Waals surface area contributed by atoms with Crippen LogP contribution in [0.15, 0.2) is 72.8 Å². The molecule has 2 aliphatic rings. The molecule has 0 saturated heterocycles. The summed E-state index contributed by atoms with van der Waals surface area (Å²) in [5, 5.41) is 0. The Kier molecular flexibility index (Phi) is 6.39. The molecule has 0 amide bonds. The number of aryl methyl sites for hydroxylation is 3. The Hall–Kier alpha value is -5.49. The maximum atomic E-state index is 12.1. The predicted molar refractivity (Wildman–Crippen MR) is 175 cm³/mol. The van der Waals surface area contributed by atoms with Gasteiger partial charge in [-0.25, -0.2) is 14.8 Å². The minimum absolute atomic E-state index is 0.366. The number of aromatic amines is 2. The van der Waals surface area contributed by atoms with Gasteiger partial charge in [-0.3, -0.25) is 0 Å². The highest BCUT2D eigenvalue weighted by Gasteiger charge is 2.16. The van der Waals surface area contributed by atoms with E-state index in [-0.39, 0.29) is 5.97 Å². The fourth-order valence-corrected chi connectivity index (χ4v) is 6.10. The van der Waals surface area contributed by atoms with Crippen molar-refractivity contribution in [1.82, 2.24) is 19.9 Å². The minimum Gasteiger partial charge on any atom is -0.465 e. The lowest BCUT2D eigenvalue weighted by Crippen LogP contribution is -2.00. The van der Waals surface area contributed by atoms with Crippen molar-refractivity contribution in [3.8, 4) is 22.3 Å². The first kappa shape index (κ1) is 26.4. The number of hydrogen-bond acceptors (Lipinski definition) is 4. The quantitative estimate of drug-likeness (QED) is 0.211. The van der Waals surface area contributed by atoms with E-state index in [2.05, 4.69) is 91.4 Å². The molecule has 0 radical (unpaired) electrons. The van der Waals surface area contributed by atoms with Crippen molar-refractivity contribution >= 4 is 52.3 Å². The molecule has 7 rings (SSSR count). The van der Waals surface area contributed by atoms with Crippen LogP contribution in [0, 0.1) is 20.8 Å². The topological polar surface area (TPSA) is 83.7 Å². The first-order valence-corrected chi connectivity index (χ1v) is 14.2. The van der Waals surface area contributed by atoms with Crippen LogP contribution < -0.4 is 0 Å². The van der Waals surface area contributed by atoms with E-state index >= 15 is 0 Å². The van der Waals surface area contributed by atoms with Gasteiger partial charge in [0.05, 0.1) is 35.4 Å². The van der Waals surface area contributed by atoms with Crippen molar-refractivity contribution in [2.75, 3.05) is 7.11 Å². The summed E-state index contributed by atoms with van der Waals surface area (Å²) in [7, 11) is 1.39. The summed E-state index contributed by atoms with van der Waals surface area (Å²) in [5.41, 5.74) is 15.6. The van der Waals surface area contributed by atoms with Gasteiger partial charge in [-0.2, -0.15) is 0 Å². The zero-order valence-corrected chi connectivity index (χ0v) is 24.4. The van der Waals surface area contributed by atoms with E-state index in [1.54, 1.807) is 12.1 Å². The van der Waals surface area contributed by atoms with Crippen LogP contribution in [0.3, 0.4) is 0 Å². The van der Waals surface area contributed by atoms with Crippen molar-refractivity contribution < 1.29 is 9.53 Å². The number of aromatic nitrogens is 4. The van der Waals surface area contributed by atoms with Crippen molar-refractivity contribution in [2.45, 2.75) is 20.8 Å². The molecule has 6 nitrogen and oxygen atoms in total. The summed E-state index contributed by atoms with van der Waals surface area (Å²) in [4.78, 5) is 29.4. The van der Waals surface area contributed by atoms with E-state index in [0.29, 0.717) is 5.56 Å². The van der Waals surface area contributed by atoms with Crippen LogP contribution in [0.1, 0.15) is 49.8 Å². The van der Waals surface area contributed by atoms with Gasteiger partial charge in [0.15, 0.2) is 0 Å². The Morgan fingerprint density at radius 1 is 0.628 bits per heavy atom. The predicted octanol–water partition coefficient (Wildman–Crippen LogP) is 8.70. The number of esters is 1. The summed E-state index contributed by atoms with van der Waals surface area (Å²) in [5.74, 6) is -0.366. The summed E-state index contributed by atoms with van der Waals surface area (Å²) >= 11 is 0. The second kappa shape index (κ2) is 10.4. The molecule has 43 heavy (non-hydrogen) atoms. The average Bonchev–Trinajstić information content (AvgIpc) is 3.81. The lowest BCUT2D eigenvalue weighted by molar-refractivity contribution is 0.0600. The van der Waals surface area contributed by atoms with Crippen LogP contribution in [0.25, 0.3) is 68.6 Å². The van der Waals surface area contributed by atoms with Gasteiger partial charge in [-0.15, -0.1) is 0 Å². The molecule has 210 valence electrons. The number of nitrogens with zero attached hydrogens (tertiary/aromatic N) is 2. The molecular weight excluding hydrogens is 532 g/mol. The Balaban J connectivity index is 1.52. The van der Waals surface area contributed by atoms with Crippen molar-refractivity contribution in [2.24, 2.45) is 0 Å². The van der Waals surface area contributed by atoms with E-state index in [1.807, 2.05) is 24.3 Å². The third kappa shape index (κ3) is 4.87. The Morgan fingerprint density at radius 2 is 1.16 bits per heavy atom. The molecule has 0 fully saturated rings. The molecule has 0 unspecified atom stereocenters. The summed E-state index contributed by atoms with van der Waals surface area (Å²) in [6.45, 7) is 6.47. The number of carbonyl (C=O) groups excluding carboxylic acids is 1. The number of ether oxygens (including phenoxy) is 1. The zero-order chi connectivity index (χ0) is 29.7. The molecule has 0 aliphatic carbocycles.